The Labute approximate surface area is 93.5 Å². The molecule has 0 aromatic carbocycles. The summed E-state index contributed by atoms with van der Waals surface area (Å²) in [4.78, 5) is 10.7. The van der Waals surface area contributed by atoms with Crippen molar-refractivity contribution in [1.82, 2.24) is 0 Å². The zero-order chi connectivity index (χ0) is 11.7. The summed E-state index contributed by atoms with van der Waals surface area (Å²) in [5, 5.41) is 8.89. The van der Waals surface area contributed by atoms with Crippen LogP contribution in [0.15, 0.2) is 0 Å². The van der Waals surface area contributed by atoms with Crippen molar-refractivity contribution in [3.05, 3.63) is 0 Å². The van der Waals surface area contributed by atoms with Gasteiger partial charge in [-0.1, -0.05) is 19.8 Å². The molecule has 0 amide bonds. The van der Waals surface area contributed by atoms with Gasteiger partial charge in [-0.2, -0.15) is 0 Å². The molecule has 15 heavy (non-hydrogen) atoms. The lowest BCUT2D eigenvalue weighted by molar-refractivity contribution is -0.904. The number of hydrogen-bond acceptors (Lipinski definition) is 2. The first-order valence-corrected chi connectivity index (χ1v) is 6.11. The molecular formula is C12H25NO2. The number of rotatable bonds is 3. The molecule has 0 spiro atoms. The fourth-order valence-corrected chi connectivity index (χ4v) is 2.14. The molecule has 1 aliphatic rings. The quantitative estimate of drug-likeness (QED) is 0.712. The van der Waals surface area contributed by atoms with Crippen LogP contribution in [-0.4, -0.2) is 25.6 Å². The molecule has 0 saturated carbocycles. The highest BCUT2D eigenvalue weighted by Gasteiger charge is 2.19. The lowest BCUT2D eigenvalue weighted by Crippen LogP contribution is -3.12. The fraction of sp³-hybridized carbons (Fsp3) is 0.917. The van der Waals surface area contributed by atoms with Gasteiger partial charge in [0.15, 0.2) is 0 Å². The van der Waals surface area contributed by atoms with E-state index in [1.54, 1.807) is 0 Å². The minimum absolute atomic E-state index is 0.972. The van der Waals surface area contributed by atoms with Crippen LogP contribution in [0.4, 0.5) is 0 Å². The molecule has 1 aliphatic heterocycles. The Morgan fingerprint density at radius 3 is 2.13 bits per heavy atom. The molecule has 3 nitrogen and oxygen atoms in total. The summed E-state index contributed by atoms with van der Waals surface area (Å²) in [6.45, 7) is 9.77. The van der Waals surface area contributed by atoms with Crippen LogP contribution >= 0.6 is 0 Å². The van der Waals surface area contributed by atoms with E-state index in [1.165, 1.54) is 45.3 Å². The number of carbonyl (C=O) groups is 1. The van der Waals surface area contributed by atoms with Crippen molar-refractivity contribution in [3.8, 4) is 0 Å². The second-order valence-electron chi connectivity index (χ2n) is 4.33. The largest absolute Gasteiger partial charge is 0.550 e. The highest BCUT2D eigenvalue weighted by atomic mass is 16.4. The molecule has 1 fully saturated rings. The summed E-state index contributed by atoms with van der Waals surface area (Å²) in [5.41, 5.74) is 0. The standard InChI is InChI=1S/C10H21N.C2H4O2/c1-3-5-10-6-8-11(4-2)9-7-10;1-2(3)4/h10H,3-9H2,1-2H3;1H3,(H,3,4). The third-order valence-electron chi connectivity index (χ3n) is 3.01. The van der Waals surface area contributed by atoms with Gasteiger partial charge in [-0.15, -0.1) is 0 Å². The van der Waals surface area contributed by atoms with Crippen LogP contribution in [0.25, 0.3) is 0 Å². The number of carboxylic acids is 1. The average Bonchev–Trinajstić information content (AvgIpc) is 2.19. The third kappa shape index (κ3) is 8.43. The van der Waals surface area contributed by atoms with E-state index in [0.717, 1.165) is 12.8 Å². The highest BCUT2D eigenvalue weighted by molar-refractivity contribution is 5.60. The van der Waals surface area contributed by atoms with Gasteiger partial charge in [-0.05, 0) is 32.6 Å². The Bertz CT molecular complexity index is 159. The van der Waals surface area contributed by atoms with Gasteiger partial charge in [0.05, 0.1) is 19.6 Å². The van der Waals surface area contributed by atoms with Gasteiger partial charge in [0, 0.05) is 5.97 Å². The molecule has 1 heterocycles. The molecule has 0 atom stereocenters. The van der Waals surface area contributed by atoms with E-state index in [9.17, 15) is 0 Å². The number of aliphatic carboxylic acids is 1. The minimum Gasteiger partial charge on any atom is -0.550 e. The van der Waals surface area contributed by atoms with Crippen LogP contribution in [0.1, 0.15) is 46.5 Å². The van der Waals surface area contributed by atoms with E-state index in [4.69, 9.17) is 9.90 Å². The summed E-state index contributed by atoms with van der Waals surface area (Å²) in [7, 11) is 0. The van der Waals surface area contributed by atoms with Crippen LogP contribution in [-0.2, 0) is 4.79 Å². The van der Waals surface area contributed by atoms with Crippen molar-refractivity contribution in [2.75, 3.05) is 19.6 Å². The predicted molar refractivity (Wildman–Crippen MR) is 59.6 cm³/mol. The van der Waals surface area contributed by atoms with E-state index >= 15 is 0 Å². The number of carbonyl (C=O) groups excluding carboxylic acids is 1. The van der Waals surface area contributed by atoms with Crippen molar-refractivity contribution in [3.63, 3.8) is 0 Å². The molecule has 0 unspecified atom stereocenters. The summed E-state index contributed by atoms with van der Waals surface area (Å²) in [5.74, 6) is -0.0182. The lowest BCUT2D eigenvalue weighted by atomic mass is 9.93. The lowest BCUT2D eigenvalue weighted by Gasteiger charge is -2.28. The van der Waals surface area contributed by atoms with Crippen LogP contribution in [0.2, 0.25) is 0 Å². The normalized spacial score (nSPS) is 25.3. The SMILES string of the molecule is CC(=O)[O-].CCCC1CC[NH+](CC)CC1. The summed E-state index contributed by atoms with van der Waals surface area (Å²) >= 11 is 0. The van der Waals surface area contributed by atoms with Gasteiger partial charge in [-0.25, -0.2) is 0 Å². The first-order chi connectivity index (χ1) is 7.10. The van der Waals surface area contributed by atoms with Gasteiger partial charge in [0.25, 0.3) is 0 Å². The topological polar surface area (TPSA) is 44.6 Å². The van der Waals surface area contributed by atoms with Crippen molar-refractivity contribution in [1.29, 1.82) is 0 Å². The minimum atomic E-state index is -1.08. The Kier molecular flexibility index (Phi) is 8.38. The van der Waals surface area contributed by atoms with Crippen molar-refractivity contribution >= 4 is 5.97 Å². The number of carboxylic acid groups (broad SMARTS) is 1. The monoisotopic (exact) mass is 215 g/mol. The van der Waals surface area contributed by atoms with Gasteiger partial charge >= 0.3 is 0 Å². The Hall–Kier alpha value is -0.570. The molecule has 3 heteroatoms. The molecule has 0 aromatic rings. The van der Waals surface area contributed by atoms with Crippen LogP contribution in [0.5, 0.6) is 0 Å². The zero-order valence-corrected chi connectivity index (χ0v) is 10.3. The van der Waals surface area contributed by atoms with Gasteiger partial charge in [0.1, 0.15) is 0 Å². The number of nitrogens with one attached hydrogen (secondary N) is 1. The molecule has 1 rings (SSSR count). The van der Waals surface area contributed by atoms with Crippen molar-refractivity contribution in [2.45, 2.75) is 46.5 Å². The van der Waals surface area contributed by atoms with Gasteiger partial charge in [0.2, 0.25) is 0 Å². The fourth-order valence-electron chi connectivity index (χ4n) is 2.14. The number of hydrogen-bond donors (Lipinski definition) is 1. The molecule has 0 radical (unpaired) electrons. The Balaban J connectivity index is 0.000000423. The molecule has 0 bridgehead atoms. The maximum Gasteiger partial charge on any atom is 0.0773 e. The molecule has 1 N–H and O–H groups in total. The first-order valence-electron chi connectivity index (χ1n) is 6.11. The highest BCUT2D eigenvalue weighted by Crippen LogP contribution is 2.15. The predicted octanol–water partition coefficient (Wildman–Crippen LogP) is -0.142. The second-order valence-corrected chi connectivity index (χ2v) is 4.33. The summed E-state index contributed by atoms with van der Waals surface area (Å²) < 4.78 is 0. The Morgan fingerprint density at radius 1 is 1.33 bits per heavy atom. The van der Waals surface area contributed by atoms with Crippen molar-refractivity contribution < 1.29 is 14.8 Å². The molecule has 90 valence electrons. The number of piperidine rings is 1. The van der Waals surface area contributed by atoms with Crippen LogP contribution < -0.4 is 10.0 Å². The van der Waals surface area contributed by atoms with Gasteiger partial charge in [-0.3, -0.25) is 0 Å². The van der Waals surface area contributed by atoms with Crippen molar-refractivity contribution in [2.24, 2.45) is 5.92 Å². The first kappa shape index (κ1) is 14.4. The van der Waals surface area contributed by atoms with E-state index in [0.29, 0.717) is 0 Å². The Morgan fingerprint density at radius 2 is 1.80 bits per heavy atom. The van der Waals surface area contributed by atoms with Gasteiger partial charge < -0.3 is 14.8 Å². The maximum atomic E-state index is 8.89. The van der Waals surface area contributed by atoms with E-state index < -0.39 is 5.97 Å². The maximum absolute atomic E-state index is 8.89. The zero-order valence-electron chi connectivity index (χ0n) is 10.3. The summed E-state index contributed by atoms with van der Waals surface area (Å²) in [6.07, 6.45) is 5.82. The van der Waals surface area contributed by atoms with Crippen LogP contribution in [0, 0.1) is 5.92 Å². The molecule has 1 saturated heterocycles. The smallest absolute Gasteiger partial charge is 0.0773 e. The third-order valence-corrected chi connectivity index (χ3v) is 3.01. The van der Waals surface area contributed by atoms with E-state index in [1.807, 2.05) is 4.90 Å². The molecule has 0 aromatic heterocycles. The second kappa shape index (κ2) is 8.72. The molecule has 0 aliphatic carbocycles. The molecular weight excluding hydrogens is 190 g/mol. The number of quaternary nitrogens is 1. The summed E-state index contributed by atoms with van der Waals surface area (Å²) in [6, 6.07) is 0. The average molecular weight is 215 g/mol. The van der Waals surface area contributed by atoms with Crippen LogP contribution in [0.3, 0.4) is 0 Å². The van der Waals surface area contributed by atoms with E-state index in [2.05, 4.69) is 13.8 Å². The van der Waals surface area contributed by atoms with E-state index in [-0.39, 0.29) is 0 Å². The number of likely N-dealkylation sites (tertiary alicyclic amines) is 1.